The fourth-order valence-corrected chi connectivity index (χ4v) is 4.57. The molecule has 0 spiro atoms. The average Bonchev–Trinajstić information content (AvgIpc) is 2.87. The van der Waals surface area contributed by atoms with Crippen molar-refractivity contribution in [2.24, 2.45) is 0 Å². The highest BCUT2D eigenvalue weighted by atomic mass is 35.5. The predicted molar refractivity (Wildman–Crippen MR) is 91.0 cm³/mol. The summed E-state index contributed by atoms with van der Waals surface area (Å²) in [5.41, 5.74) is 1.05. The molecule has 101 valence electrons. The molecule has 0 saturated heterocycles. The van der Waals surface area contributed by atoms with Crippen LogP contribution in [-0.4, -0.2) is 0 Å². The minimum absolute atomic E-state index is 0.637. The van der Waals surface area contributed by atoms with Crippen LogP contribution < -0.4 is 0 Å². The number of allylic oxidation sites excluding steroid dienone is 2. The molecule has 1 heterocycles. The van der Waals surface area contributed by atoms with Crippen molar-refractivity contribution in [3.05, 3.63) is 80.7 Å². The maximum atomic E-state index is 6.09. The van der Waals surface area contributed by atoms with Crippen molar-refractivity contribution < 1.29 is 0 Å². The van der Waals surface area contributed by atoms with Gasteiger partial charge in [0, 0.05) is 25.4 Å². The van der Waals surface area contributed by atoms with Crippen molar-refractivity contribution in [1.29, 1.82) is 0 Å². The van der Waals surface area contributed by atoms with Crippen LogP contribution in [0.1, 0.15) is 5.56 Å². The van der Waals surface area contributed by atoms with Gasteiger partial charge in [-0.2, -0.15) is 10.9 Å². The van der Waals surface area contributed by atoms with E-state index in [4.69, 9.17) is 34.8 Å². The largest absolute Gasteiger partial charge is 0.171 e. The Kier molecular flexibility index (Phi) is 4.13. The van der Waals surface area contributed by atoms with E-state index >= 15 is 0 Å². The Morgan fingerprint density at radius 1 is 0.800 bits per heavy atom. The molecule has 0 aliphatic carbocycles. The van der Waals surface area contributed by atoms with Crippen LogP contribution in [0.4, 0.5) is 0 Å². The first-order chi connectivity index (χ1) is 9.63. The van der Waals surface area contributed by atoms with Gasteiger partial charge in [-0.25, -0.2) is 0 Å². The fourth-order valence-electron chi connectivity index (χ4n) is 2.07. The Morgan fingerprint density at radius 3 is 2.10 bits per heavy atom. The van der Waals surface area contributed by atoms with Gasteiger partial charge >= 0.3 is 0 Å². The van der Waals surface area contributed by atoms with E-state index in [2.05, 4.69) is 11.5 Å². The molecule has 0 N–H and O–H groups in total. The lowest BCUT2D eigenvalue weighted by molar-refractivity contribution is 1.46. The van der Waals surface area contributed by atoms with Crippen LogP contribution in [0.25, 0.3) is 4.91 Å². The molecule has 0 fully saturated rings. The summed E-state index contributed by atoms with van der Waals surface area (Å²) in [5, 5.41) is 5.43. The van der Waals surface area contributed by atoms with Gasteiger partial charge in [0.15, 0.2) is 0 Å². The molecule has 0 saturated carbocycles. The molecule has 0 bridgehead atoms. The molecule has 0 nitrogen and oxygen atoms in total. The maximum absolute atomic E-state index is 6.09. The lowest BCUT2D eigenvalue weighted by atomic mass is 10.2. The molecule has 1 aliphatic rings. The van der Waals surface area contributed by atoms with Gasteiger partial charge in [0.25, 0.3) is 0 Å². The SMILES string of the molecule is Clc1ccc([SH]2[C]=CC=C2c2cc(Cl)cc(Cl)c2)cc1. The quantitative estimate of drug-likeness (QED) is 0.603. The second kappa shape index (κ2) is 5.87. The third-order valence-electron chi connectivity index (χ3n) is 2.93. The second-order valence-corrected chi connectivity index (χ2v) is 7.55. The minimum Gasteiger partial charge on any atom is -0.171 e. The molecule has 2 aromatic rings. The van der Waals surface area contributed by atoms with E-state index in [9.17, 15) is 0 Å². The summed E-state index contributed by atoms with van der Waals surface area (Å²) in [4.78, 5) is 2.41. The highest BCUT2D eigenvalue weighted by Gasteiger charge is 2.16. The normalized spacial score (nSPS) is 19.1. The van der Waals surface area contributed by atoms with Crippen molar-refractivity contribution in [3.8, 4) is 0 Å². The molecule has 1 unspecified atom stereocenters. The van der Waals surface area contributed by atoms with Crippen molar-refractivity contribution in [2.75, 3.05) is 0 Å². The first-order valence-corrected chi connectivity index (χ1v) is 8.43. The van der Waals surface area contributed by atoms with E-state index < -0.39 is 10.9 Å². The lowest BCUT2D eigenvalue weighted by Gasteiger charge is -2.19. The standard InChI is InChI=1S/C16H10Cl3S/c17-12-3-5-15(6-4-12)20-7-1-2-16(20)11-8-13(18)10-14(19)9-11/h1-6,8-10,20H. The minimum atomic E-state index is -0.637. The first kappa shape index (κ1) is 14.1. The highest BCUT2D eigenvalue weighted by molar-refractivity contribution is 8.26. The monoisotopic (exact) mass is 339 g/mol. The Labute approximate surface area is 136 Å². The van der Waals surface area contributed by atoms with Gasteiger partial charge in [-0.15, -0.1) is 0 Å². The topological polar surface area (TPSA) is 0 Å². The summed E-state index contributed by atoms with van der Waals surface area (Å²) < 4.78 is 0. The number of hydrogen-bond donors (Lipinski definition) is 1. The molecule has 1 aliphatic heterocycles. The Balaban J connectivity index is 1.99. The van der Waals surface area contributed by atoms with E-state index in [-0.39, 0.29) is 0 Å². The van der Waals surface area contributed by atoms with Gasteiger partial charge in [0.2, 0.25) is 0 Å². The third kappa shape index (κ3) is 2.91. The van der Waals surface area contributed by atoms with E-state index in [0.717, 1.165) is 10.6 Å². The predicted octanol–water partition coefficient (Wildman–Crippen LogP) is 6.38. The fraction of sp³-hybridized carbons (Fsp3) is 0. The Hall–Kier alpha value is -0.860. The van der Waals surface area contributed by atoms with Crippen LogP contribution in [0.3, 0.4) is 0 Å². The zero-order valence-corrected chi connectivity index (χ0v) is 13.4. The van der Waals surface area contributed by atoms with Crippen LogP contribution in [-0.2, 0) is 0 Å². The van der Waals surface area contributed by atoms with Crippen LogP contribution in [0.15, 0.2) is 59.5 Å². The Morgan fingerprint density at radius 2 is 1.45 bits per heavy atom. The molecule has 3 rings (SSSR count). The number of halogens is 3. The van der Waals surface area contributed by atoms with Crippen molar-refractivity contribution in [2.45, 2.75) is 4.90 Å². The zero-order valence-electron chi connectivity index (χ0n) is 10.3. The molecule has 1 atom stereocenters. The van der Waals surface area contributed by atoms with Gasteiger partial charge in [0.05, 0.1) is 0 Å². The maximum Gasteiger partial charge on any atom is 0.0427 e. The van der Waals surface area contributed by atoms with E-state index in [1.807, 2.05) is 42.5 Å². The molecule has 20 heavy (non-hydrogen) atoms. The Bertz CT molecular complexity index is 682. The summed E-state index contributed by atoms with van der Waals surface area (Å²) in [7, 11) is -0.637. The summed E-state index contributed by atoms with van der Waals surface area (Å²) >= 11 is 18.1. The summed E-state index contributed by atoms with van der Waals surface area (Å²) in [6, 6.07) is 13.5. The highest BCUT2D eigenvalue weighted by Crippen LogP contribution is 2.53. The summed E-state index contributed by atoms with van der Waals surface area (Å²) in [6.45, 7) is 0. The van der Waals surface area contributed by atoms with Gasteiger partial charge in [0.1, 0.15) is 0 Å². The lowest BCUT2D eigenvalue weighted by Crippen LogP contribution is -1.86. The molecule has 2 aromatic carbocycles. The summed E-state index contributed by atoms with van der Waals surface area (Å²) in [6.07, 6.45) is 4.03. The van der Waals surface area contributed by atoms with Crippen molar-refractivity contribution in [3.63, 3.8) is 0 Å². The molecule has 1 radical (unpaired) electrons. The number of benzene rings is 2. The second-order valence-electron chi connectivity index (χ2n) is 4.32. The van der Waals surface area contributed by atoms with E-state index in [1.165, 1.54) is 9.80 Å². The van der Waals surface area contributed by atoms with Gasteiger partial charge < -0.3 is 0 Å². The van der Waals surface area contributed by atoms with Crippen LogP contribution in [0.2, 0.25) is 15.1 Å². The zero-order chi connectivity index (χ0) is 14.1. The van der Waals surface area contributed by atoms with Gasteiger partial charge in [-0.05, 0) is 65.1 Å². The molecular formula is C16H10Cl3S. The van der Waals surface area contributed by atoms with Crippen molar-refractivity contribution in [1.82, 2.24) is 0 Å². The van der Waals surface area contributed by atoms with Crippen LogP contribution in [0.5, 0.6) is 0 Å². The number of thiol groups is 1. The molecule has 0 aromatic heterocycles. The van der Waals surface area contributed by atoms with Crippen LogP contribution in [0, 0.1) is 5.41 Å². The number of hydrogen-bond acceptors (Lipinski definition) is 0. The average molecular weight is 341 g/mol. The summed E-state index contributed by atoms with van der Waals surface area (Å²) in [5.74, 6) is 0. The first-order valence-electron chi connectivity index (χ1n) is 5.95. The molecule has 0 amide bonds. The van der Waals surface area contributed by atoms with Gasteiger partial charge in [-0.1, -0.05) is 34.8 Å². The van der Waals surface area contributed by atoms with E-state index in [1.54, 1.807) is 6.07 Å². The van der Waals surface area contributed by atoms with Crippen molar-refractivity contribution >= 4 is 50.6 Å². The molecule has 4 heteroatoms. The number of rotatable bonds is 2. The molecular weight excluding hydrogens is 331 g/mol. The third-order valence-corrected chi connectivity index (χ3v) is 5.73. The van der Waals surface area contributed by atoms with E-state index in [0.29, 0.717) is 10.0 Å². The van der Waals surface area contributed by atoms with Gasteiger partial charge in [-0.3, -0.25) is 0 Å². The smallest absolute Gasteiger partial charge is 0.0427 e. The van der Waals surface area contributed by atoms with Crippen LogP contribution >= 0.6 is 45.7 Å².